The summed E-state index contributed by atoms with van der Waals surface area (Å²) in [6, 6.07) is 0.406. The number of piperazine rings is 1. The second kappa shape index (κ2) is 5.63. The maximum absolute atomic E-state index is 4.41. The minimum Gasteiger partial charge on any atom is -0.353 e. The van der Waals surface area contributed by atoms with Crippen molar-refractivity contribution in [2.24, 2.45) is 0 Å². The summed E-state index contributed by atoms with van der Waals surface area (Å²) in [7, 11) is 0. The van der Waals surface area contributed by atoms with E-state index in [1.807, 2.05) is 17.8 Å². The van der Waals surface area contributed by atoms with Gasteiger partial charge in [0.05, 0.1) is 12.2 Å². The third-order valence-electron chi connectivity index (χ3n) is 3.54. The predicted molar refractivity (Wildman–Crippen MR) is 76.3 cm³/mol. The Morgan fingerprint density at radius 1 is 1.11 bits per heavy atom. The van der Waals surface area contributed by atoms with Gasteiger partial charge in [-0.1, -0.05) is 0 Å². The number of anilines is 1. The van der Waals surface area contributed by atoms with Crippen molar-refractivity contribution in [3.8, 4) is 0 Å². The quantitative estimate of drug-likeness (QED) is 0.855. The zero-order valence-electron chi connectivity index (χ0n) is 10.9. The monoisotopic (exact) mass is 275 g/mol. The molecule has 1 saturated heterocycles. The molecule has 0 aliphatic carbocycles. The van der Waals surface area contributed by atoms with Gasteiger partial charge in [-0.2, -0.15) is 0 Å². The summed E-state index contributed by atoms with van der Waals surface area (Å²) in [4.78, 5) is 17.7. The number of thiazole rings is 1. The summed E-state index contributed by atoms with van der Waals surface area (Å²) < 4.78 is 0. The highest BCUT2D eigenvalue weighted by Gasteiger charge is 2.23. The third kappa shape index (κ3) is 2.74. The molecule has 1 aliphatic heterocycles. The van der Waals surface area contributed by atoms with Crippen molar-refractivity contribution in [1.29, 1.82) is 0 Å². The first-order valence-corrected chi connectivity index (χ1v) is 7.37. The number of aromatic nitrogens is 3. The van der Waals surface area contributed by atoms with Gasteiger partial charge in [0, 0.05) is 50.1 Å². The fourth-order valence-corrected chi connectivity index (χ4v) is 3.12. The lowest BCUT2D eigenvalue weighted by Gasteiger charge is -2.37. The second-order valence-electron chi connectivity index (χ2n) is 4.63. The molecule has 6 heteroatoms. The van der Waals surface area contributed by atoms with Crippen LogP contribution in [0.1, 0.15) is 18.0 Å². The van der Waals surface area contributed by atoms with E-state index in [1.54, 1.807) is 23.7 Å². The summed E-state index contributed by atoms with van der Waals surface area (Å²) in [5.74, 6) is 0.976. The van der Waals surface area contributed by atoms with E-state index in [-0.39, 0.29) is 0 Å². The Hall–Kier alpha value is -1.53. The normalized spacial score (nSPS) is 18.5. The van der Waals surface area contributed by atoms with E-state index in [9.17, 15) is 0 Å². The maximum atomic E-state index is 4.41. The van der Waals surface area contributed by atoms with Gasteiger partial charge in [-0.05, 0) is 6.92 Å². The molecule has 0 spiro atoms. The molecule has 0 amide bonds. The highest BCUT2D eigenvalue weighted by molar-refractivity contribution is 7.09. The van der Waals surface area contributed by atoms with Crippen LogP contribution in [-0.2, 0) is 0 Å². The fraction of sp³-hybridized carbons (Fsp3) is 0.462. The van der Waals surface area contributed by atoms with Gasteiger partial charge in [0.1, 0.15) is 10.8 Å². The average molecular weight is 275 g/mol. The van der Waals surface area contributed by atoms with Crippen LogP contribution in [0.25, 0.3) is 0 Å². The van der Waals surface area contributed by atoms with Crippen molar-refractivity contribution < 1.29 is 0 Å². The van der Waals surface area contributed by atoms with Crippen LogP contribution in [0.2, 0.25) is 0 Å². The Balaban J connectivity index is 1.61. The predicted octanol–water partition coefficient (Wildman–Crippen LogP) is 1.82. The van der Waals surface area contributed by atoms with Crippen molar-refractivity contribution in [3.63, 3.8) is 0 Å². The fourth-order valence-electron chi connectivity index (χ4n) is 2.39. The van der Waals surface area contributed by atoms with E-state index >= 15 is 0 Å². The molecule has 0 aromatic carbocycles. The van der Waals surface area contributed by atoms with Crippen molar-refractivity contribution in [1.82, 2.24) is 19.9 Å². The van der Waals surface area contributed by atoms with Crippen LogP contribution in [0, 0.1) is 0 Å². The van der Waals surface area contributed by atoms with Gasteiger partial charge in [-0.15, -0.1) is 11.3 Å². The van der Waals surface area contributed by atoms with Gasteiger partial charge in [-0.3, -0.25) is 9.88 Å². The molecular formula is C13H17N5S. The molecule has 3 rings (SSSR count). The average Bonchev–Trinajstić information content (AvgIpc) is 3.02. The number of nitrogens with zero attached hydrogens (tertiary/aromatic N) is 5. The highest BCUT2D eigenvalue weighted by atomic mass is 32.1. The molecular weight excluding hydrogens is 258 g/mol. The second-order valence-corrected chi connectivity index (χ2v) is 5.56. The van der Waals surface area contributed by atoms with Gasteiger partial charge in [0.15, 0.2) is 0 Å². The van der Waals surface area contributed by atoms with Crippen molar-refractivity contribution in [2.45, 2.75) is 13.0 Å². The maximum Gasteiger partial charge on any atom is 0.147 e. The molecule has 1 atom stereocenters. The summed E-state index contributed by atoms with van der Waals surface area (Å²) in [5, 5.41) is 3.25. The standard InChI is InChI=1S/C13H17N5S/c1-11(13-16-4-9-19-13)17-5-7-18(8-6-17)12-10-14-2-3-15-12/h2-4,9-11H,5-8H2,1H3. The molecule has 0 saturated carbocycles. The van der Waals surface area contributed by atoms with E-state index in [1.165, 1.54) is 5.01 Å². The minimum atomic E-state index is 0.406. The van der Waals surface area contributed by atoms with Crippen LogP contribution in [-0.4, -0.2) is 46.0 Å². The first-order valence-electron chi connectivity index (χ1n) is 6.49. The molecule has 19 heavy (non-hydrogen) atoms. The summed E-state index contributed by atoms with van der Waals surface area (Å²) in [6.07, 6.45) is 7.18. The summed E-state index contributed by atoms with van der Waals surface area (Å²) in [6.45, 7) is 6.30. The Kier molecular flexibility index (Phi) is 3.70. The van der Waals surface area contributed by atoms with Crippen molar-refractivity contribution in [2.75, 3.05) is 31.1 Å². The number of hydrogen-bond donors (Lipinski definition) is 0. The Morgan fingerprint density at radius 2 is 1.95 bits per heavy atom. The summed E-state index contributed by atoms with van der Waals surface area (Å²) >= 11 is 1.73. The van der Waals surface area contributed by atoms with Gasteiger partial charge < -0.3 is 4.90 Å². The largest absolute Gasteiger partial charge is 0.353 e. The number of rotatable bonds is 3. The molecule has 0 N–H and O–H groups in total. The lowest BCUT2D eigenvalue weighted by molar-refractivity contribution is 0.198. The van der Waals surface area contributed by atoms with Crippen molar-refractivity contribution >= 4 is 17.2 Å². The topological polar surface area (TPSA) is 45.2 Å². The van der Waals surface area contributed by atoms with Crippen LogP contribution in [0.3, 0.4) is 0 Å². The van der Waals surface area contributed by atoms with Gasteiger partial charge in [0.2, 0.25) is 0 Å². The van der Waals surface area contributed by atoms with Gasteiger partial charge in [-0.25, -0.2) is 9.97 Å². The first kappa shape index (κ1) is 12.5. The number of hydrogen-bond acceptors (Lipinski definition) is 6. The molecule has 3 heterocycles. The lowest BCUT2D eigenvalue weighted by atomic mass is 10.2. The zero-order valence-corrected chi connectivity index (χ0v) is 11.8. The van der Waals surface area contributed by atoms with Gasteiger partial charge >= 0.3 is 0 Å². The summed E-state index contributed by atoms with van der Waals surface area (Å²) in [5.41, 5.74) is 0. The van der Waals surface area contributed by atoms with Crippen LogP contribution in [0.4, 0.5) is 5.82 Å². The Bertz CT molecular complexity index is 493. The minimum absolute atomic E-state index is 0.406. The van der Waals surface area contributed by atoms with Crippen molar-refractivity contribution in [3.05, 3.63) is 35.2 Å². The zero-order chi connectivity index (χ0) is 13.1. The molecule has 2 aromatic rings. The molecule has 0 radical (unpaired) electrons. The third-order valence-corrected chi connectivity index (χ3v) is 4.49. The van der Waals surface area contributed by atoms with E-state index < -0.39 is 0 Å². The molecule has 100 valence electrons. The van der Waals surface area contributed by atoms with Crippen LogP contribution in [0.15, 0.2) is 30.2 Å². The first-order chi connectivity index (χ1) is 9.34. The van der Waals surface area contributed by atoms with Crippen LogP contribution < -0.4 is 4.90 Å². The van der Waals surface area contributed by atoms with E-state index in [0.717, 1.165) is 32.0 Å². The van der Waals surface area contributed by atoms with E-state index in [2.05, 4.69) is 31.7 Å². The van der Waals surface area contributed by atoms with Crippen LogP contribution in [0.5, 0.6) is 0 Å². The molecule has 1 aliphatic rings. The Morgan fingerprint density at radius 3 is 2.58 bits per heavy atom. The van der Waals surface area contributed by atoms with E-state index in [0.29, 0.717) is 6.04 Å². The van der Waals surface area contributed by atoms with Gasteiger partial charge in [0.25, 0.3) is 0 Å². The molecule has 0 bridgehead atoms. The highest BCUT2D eigenvalue weighted by Crippen LogP contribution is 2.24. The molecule has 2 aromatic heterocycles. The molecule has 5 nitrogen and oxygen atoms in total. The Labute approximate surface area is 116 Å². The smallest absolute Gasteiger partial charge is 0.147 e. The molecule has 1 fully saturated rings. The molecule has 1 unspecified atom stereocenters. The SMILES string of the molecule is CC(c1nccs1)N1CCN(c2cnccn2)CC1. The van der Waals surface area contributed by atoms with Crippen LogP contribution >= 0.6 is 11.3 Å². The van der Waals surface area contributed by atoms with E-state index in [4.69, 9.17) is 0 Å². The lowest BCUT2D eigenvalue weighted by Crippen LogP contribution is -2.47.